The number of benzene rings is 1. The lowest BCUT2D eigenvalue weighted by Crippen LogP contribution is -1.95. The highest BCUT2D eigenvalue weighted by atomic mass is 32.2. The number of hydrogen-bond acceptors (Lipinski definition) is 5. The van der Waals surface area contributed by atoms with E-state index < -0.39 is 0 Å². The predicted octanol–water partition coefficient (Wildman–Crippen LogP) is 4.55. The molecule has 0 aliphatic rings. The van der Waals surface area contributed by atoms with Crippen LogP contribution in [0, 0.1) is 5.82 Å². The van der Waals surface area contributed by atoms with Gasteiger partial charge in [-0.2, -0.15) is 0 Å². The van der Waals surface area contributed by atoms with Gasteiger partial charge in [-0.05, 0) is 36.4 Å². The first kappa shape index (κ1) is 15.0. The van der Waals surface area contributed by atoms with Gasteiger partial charge in [0.1, 0.15) is 23.2 Å². The quantitative estimate of drug-likeness (QED) is 0.620. The normalized spacial score (nSPS) is 10.6. The Morgan fingerprint density at radius 2 is 2.00 bits per heavy atom. The van der Waals surface area contributed by atoms with Crippen molar-refractivity contribution in [3.05, 3.63) is 70.6 Å². The van der Waals surface area contributed by atoms with Crippen molar-refractivity contribution in [2.75, 3.05) is 0 Å². The van der Waals surface area contributed by atoms with E-state index in [1.807, 2.05) is 23.6 Å². The van der Waals surface area contributed by atoms with Gasteiger partial charge in [-0.3, -0.25) is 0 Å². The second-order valence-corrected chi connectivity index (χ2v) is 6.37. The molecule has 0 atom stereocenters. The van der Waals surface area contributed by atoms with Crippen LogP contribution in [-0.4, -0.2) is 9.97 Å². The molecule has 3 aromatic rings. The summed E-state index contributed by atoms with van der Waals surface area (Å²) in [6.45, 7) is 0.393. The van der Waals surface area contributed by atoms with Crippen LogP contribution in [0.4, 0.5) is 4.39 Å². The fourth-order valence-corrected chi connectivity index (χ4v) is 3.30. The highest BCUT2D eigenvalue weighted by Gasteiger charge is 2.05. The molecule has 0 radical (unpaired) electrons. The molecule has 1 aromatic carbocycles. The van der Waals surface area contributed by atoms with Crippen molar-refractivity contribution in [3.8, 4) is 5.75 Å². The number of pyridine rings is 1. The zero-order valence-corrected chi connectivity index (χ0v) is 13.2. The molecule has 0 unspecified atom stereocenters. The zero-order chi connectivity index (χ0) is 15.2. The summed E-state index contributed by atoms with van der Waals surface area (Å²) in [6.07, 6.45) is 1.78. The van der Waals surface area contributed by atoms with Crippen molar-refractivity contribution >= 4 is 23.1 Å². The van der Waals surface area contributed by atoms with Gasteiger partial charge >= 0.3 is 0 Å². The standard InChI is InChI=1S/C16H13FN2OS2/c17-12-4-6-14(7-5-12)20-9-16-19-13(11-22-16)10-21-15-3-1-2-8-18-15/h1-8,11H,9-10H2. The number of thiazole rings is 1. The summed E-state index contributed by atoms with van der Waals surface area (Å²) in [5, 5.41) is 3.92. The molecule has 2 heterocycles. The highest BCUT2D eigenvalue weighted by molar-refractivity contribution is 7.98. The molecular formula is C16H13FN2OS2. The van der Waals surface area contributed by atoms with Crippen LogP contribution in [0.2, 0.25) is 0 Å². The molecule has 2 aromatic heterocycles. The van der Waals surface area contributed by atoms with Crippen LogP contribution in [-0.2, 0) is 12.4 Å². The zero-order valence-electron chi connectivity index (χ0n) is 11.6. The maximum Gasteiger partial charge on any atom is 0.140 e. The minimum atomic E-state index is -0.268. The summed E-state index contributed by atoms with van der Waals surface area (Å²) in [5.41, 5.74) is 1.01. The first-order valence-corrected chi connectivity index (χ1v) is 8.51. The Kier molecular flexibility index (Phi) is 5.03. The predicted molar refractivity (Wildman–Crippen MR) is 86.6 cm³/mol. The number of hydrogen-bond donors (Lipinski definition) is 0. The molecule has 0 spiro atoms. The molecule has 0 amide bonds. The number of ether oxygens (including phenoxy) is 1. The largest absolute Gasteiger partial charge is 0.486 e. The van der Waals surface area contributed by atoms with Crippen LogP contribution in [0.15, 0.2) is 59.1 Å². The van der Waals surface area contributed by atoms with E-state index in [0.717, 1.165) is 21.5 Å². The second-order valence-electron chi connectivity index (χ2n) is 4.43. The Morgan fingerprint density at radius 3 is 2.77 bits per heavy atom. The fourth-order valence-electron chi connectivity index (χ4n) is 1.74. The number of halogens is 1. The molecule has 0 N–H and O–H groups in total. The van der Waals surface area contributed by atoms with E-state index in [-0.39, 0.29) is 5.82 Å². The lowest BCUT2D eigenvalue weighted by atomic mass is 10.3. The Balaban J connectivity index is 1.51. The van der Waals surface area contributed by atoms with Crippen molar-refractivity contribution in [1.29, 1.82) is 0 Å². The lowest BCUT2D eigenvalue weighted by Gasteiger charge is -2.03. The van der Waals surface area contributed by atoms with Gasteiger partial charge in [0.15, 0.2) is 0 Å². The average Bonchev–Trinajstić information content (AvgIpc) is 3.01. The van der Waals surface area contributed by atoms with Gasteiger partial charge in [-0.1, -0.05) is 6.07 Å². The summed E-state index contributed by atoms with van der Waals surface area (Å²) in [4.78, 5) is 8.80. The first-order valence-electron chi connectivity index (χ1n) is 6.65. The molecule has 0 saturated heterocycles. The number of rotatable bonds is 6. The van der Waals surface area contributed by atoms with Crippen molar-refractivity contribution in [2.24, 2.45) is 0 Å². The van der Waals surface area contributed by atoms with Crippen LogP contribution in [0.25, 0.3) is 0 Å². The van der Waals surface area contributed by atoms with Crippen molar-refractivity contribution < 1.29 is 9.13 Å². The van der Waals surface area contributed by atoms with E-state index in [2.05, 4.69) is 9.97 Å². The van der Waals surface area contributed by atoms with E-state index in [9.17, 15) is 4.39 Å². The summed E-state index contributed by atoms with van der Waals surface area (Å²) < 4.78 is 18.4. The van der Waals surface area contributed by atoms with Gasteiger partial charge in [0.05, 0.1) is 10.7 Å². The van der Waals surface area contributed by atoms with Gasteiger partial charge in [0.2, 0.25) is 0 Å². The SMILES string of the molecule is Fc1ccc(OCc2nc(CSc3ccccn3)cs2)cc1. The maximum atomic E-state index is 12.8. The molecule has 3 nitrogen and oxygen atoms in total. The van der Waals surface area contributed by atoms with E-state index in [1.54, 1.807) is 41.4 Å². The monoisotopic (exact) mass is 332 g/mol. The van der Waals surface area contributed by atoms with Gasteiger partial charge < -0.3 is 4.74 Å². The number of thioether (sulfide) groups is 1. The van der Waals surface area contributed by atoms with Crippen LogP contribution in [0.1, 0.15) is 10.7 Å². The molecule has 0 fully saturated rings. The number of nitrogens with zero attached hydrogens (tertiary/aromatic N) is 2. The third-order valence-electron chi connectivity index (χ3n) is 2.78. The van der Waals surface area contributed by atoms with Crippen LogP contribution in [0.5, 0.6) is 5.75 Å². The van der Waals surface area contributed by atoms with E-state index >= 15 is 0 Å². The third-order valence-corrected chi connectivity index (χ3v) is 4.63. The van der Waals surface area contributed by atoms with Gasteiger partial charge in [-0.25, -0.2) is 14.4 Å². The van der Waals surface area contributed by atoms with Crippen molar-refractivity contribution in [3.63, 3.8) is 0 Å². The molecule has 22 heavy (non-hydrogen) atoms. The molecule has 3 rings (SSSR count). The maximum absolute atomic E-state index is 12.8. The molecular weight excluding hydrogens is 319 g/mol. The summed E-state index contributed by atoms with van der Waals surface area (Å²) in [5.74, 6) is 1.15. The van der Waals surface area contributed by atoms with E-state index in [1.165, 1.54) is 12.1 Å². The molecule has 112 valence electrons. The third kappa shape index (κ3) is 4.29. The van der Waals surface area contributed by atoms with Gasteiger partial charge in [-0.15, -0.1) is 23.1 Å². The van der Waals surface area contributed by atoms with Crippen LogP contribution in [0.3, 0.4) is 0 Å². The molecule has 0 aliphatic heterocycles. The van der Waals surface area contributed by atoms with Crippen LogP contribution >= 0.6 is 23.1 Å². The topological polar surface area (TPSA) is 35.0 Å². The smallest absolute Gasteiger partial charge is 0.140 e. The minimum absolute atomic E-state index is 0.268. The van der Waals surface area contributed by atoms with Gasteiger partial charge in [0, 0.05) is 17.3 Å². The van der Waals surface area contributed by atoms with Gasteiger partial charge in [0.25, 0.3) is 0 Å². The Hall–Kier alpha value is -1.92. The minimum Gasteiger partial charge on any atom is -0.486 e. The number of aromatic nitrogens is 2. The molecule has 0 bridgehead atoms. The Bertz CT molecular complexity index is 717. The van der Waals surface area contributed by atoms with Crippen LogP contribution < -0.4 is 4.74 Å². The Morgan fingerprint density at radius 1 is 1.14 bits per heavy atom. The second kappa shape index (κ2) is 7.38. The fraction of sp³-hybridized carbons (Fsp3) is 0.125. The molecule has 0 aliphatic carbocycles. The first-order chi connectivity index (χ1) is 10.8. The molecule has 6 heteroatoms. The van der Waals surface area contributed by atoms with Crippen molar-refractivity contribution in [1.82, 2.24) is 9.97 Å². The summed E-state index contributed by atoms with van der Waals surface area (Å²) in [6, 6.07) is 11.8. The Labute approximate surface area is 136 Å². The lowest BCUT2D eigenvalue weighted by molar-refractivity contribution is 0.305. The van der Waals surface area contributed by atoms with Crippen molar-refractivity contribution in [2.45, 2.75) is 17.4 Å². The van der Waals surface area contributed by atoms with E-state index in [4.69, 9.17) is 4.74 Å². The summed E-state index contributed by atoms with van der Waals surface area (Å²) in [7, 11) is 0. The van der Waals surface area contributed by atoms with E-state index in [0.29, 0.717) is 12.4 Å². The average molecular weight is 332 g/mol. The molecule has 0 saturated carbocycles. The highest BCUT2D eigenvalue weighted by Crippen LogP contribution is 2.22. The summed E-state index contributed by atoms with van der Waals surface area (Å²) >= 11 is 3.22.